The van der Waals surface area contributed by atoms with Crippen LogP contribution in [0.3, 0.4) is 0 Å². The number of nitrogens with zero attached hydrogens (tertiary/aromatic N) is 1. The van der Waals surface area contributed by atoms with Crippen LogP contribution in [0.25, 0.3) is 0 Å². The zero-order valence-corrected chi connectivity index (χ0v) is 17.4. The number of nitrogens with one attached hydrogen (secondary N) is 1. The first-order valence-corrected chi connectivity index (χ1v) is 10.5. The van der Waals surface area contributed by atoms with Gasteiger partial charge < -0.3 is 10.2 Å². The maximum absolute atomic E-state index is 12.4. The summed E-state index contributed by atoms with van der Waals surface area (Å²) in [7, 11) is 0. The van der Waals surface area contributed by atoms with Crippen LogP contribution in [0, 0.1) is 0 Å². The highest BCUT2D eigenvalue weighted by molar-refractivity contribution is 9.10. The molecule has 0 aliphatic carbocycles. The van der Waals surface area contributed by atoms with E-state index in [4.69, 9.17) is 0 Å². The van der Waals surface area contributed by atoms with Gasteiger partial charge in [-0.2, -0.15) is 0 Å². The average molecular weight is 435 g/mol. The van der Waals surface area contributed by atoms with E-state index in [0.29, 0.717) is 30.1 Å². The number of carbonyl (C=O) groups excluding carboxylic acids is 2. The number of halogens is 1. The topological polar surface area (TPSA) is 49.4 Å². The minimum absolute atomic E-state index is 0.0179. The summed E-state index contributed by atoms with van der Waals surface area (Å²) in [5.41, 5.74) is 2.42. The van der Waals surface area contributed by atoms with E-state index in [1.807, 2.05) is 38.1 Å². The molecular formula is C20H23BrN2O2S. The fourth-order valence-electron chi connectivity index (χ4n) is 2.46. The van der Waals surface area contributed by atoms with E-state index in [9.17, 15) is 9.59 Å². The van der Waals surface area contributed by atoms with Gasteiger partial charge in [0.25, 0.3) is 5.91 Å². The lowest BCUT2D eigenvalue weighted by atomic mass is 10.1. The minimum Gasteiger partial charge on any atom is -0.339 e. The average Bonchev–Trinajstić information content (AvgIpc) is 2.64. The first-order valence-electron chi connectivity index (χ1n) is 8.54. The molecule has 2 amide bonds. The van der Waals surface area contributed by atoms with E-state index in [1.54, 1.807) is 40.9 Å². The van der Waals surface area contributed by atoms with E-state index in [0.717, 1.165) is 10.2 Å². The van der Waals surface area contributed by atoms with Crippen LogP contribution in [0.2, 0.25) is 0 Å². The number of hydrogen-bond donors (Lipinski definition) is 1. The Hall–Kier alpha value is -1.79. The monoisotopic (exact) mass is 434 g/mol. The normalized spacial score (nSPS) is 10.4. The van der Waals surface area contributed by atoms with Crippen molar-refractivity contribution < 1.29 is 9.59 Å². The smallest absolute Gasteiger partial charge is 0.253 e. The van der Waals surface area contributed by atoms with Gasteiger partial charge in [-0.3, -0.25) is 9.59 Å². The Bertz CT molecular complexity index is 746. The van der Waals surface area contributed by atoms with Gasteiger partial charge in [0.1, 0.15) is 0 Å². The molecule has 138 valence electrons. The summed E-state index contributed by atoms with van der Waals surface area (Å²) < 4.78 is 1.04. The molecule has 0 aliphatic heterocycles. The molecule has 0 spiro atoms. The van der Waals surface area contributed by atoms with Crippen molar-refractivity contribution in [1.29, 1.82) is 0 Å². The molecule has 0 radical (unpaired) electrons. The molecule has 0 unspecified atom stereocenters. The molecule has 4 nitrogen and oxygen atoms in total. The number of amides is 2. The van der Waals surface area contributed by atoms with Gasteiger partial charge in [0.15, 0.2) is 0 Å². The molecular weight excluding hydrogens is 412 g/mol. The molecule has 0 aliphatic rings. The number of hydrogen-bond acceptors (Lipinski definition) is 3. The van der Waals surface area contributed by atoms with Gasteiger partial charge in [-0.1, -0.05) is 34.1 Å². The number of benzene rings is 2. The second kappa shape index (κ2) is 10.4. The molecule has 0 saturated carbocycles. The van der Waals surface area contributed by atoms with Crippen LogP contribution in [0.1, 0.15) is 29.8 Å². The number of rotatable bonds is 8. The van der Waals surface area contributed by atoms with E-state index < -0.39 is 0 Å². The van der Waals surface area contributed by atoms with Crippen LogP contribution >= 0.6 is 27.7 Å². The van der Waals surface area contributed by atoms with E-state index in [-0.39, 0.29) is 11.8 Å². The lowest BCUT2D eigenvalue weighted by molar-refractivity contribution is -0.113. The lowest BCUT2D eigenvalue weighted by Gasteiger charge is -2.19. The van der Waals surface area contributed by atoms with Gasteiger partial charge in [0.05, 0.1) is 5.75 Å². The molecule has 0 bridgehead atoms. The van der Waals surface area contributed by atoms with Crippen molar-refractivity contribution in [2.24, 2.45) is 0 Å². The van der Waals surface area contributed by atoms with Crippen molar-refractivity contribution in [3.63, 3.8) is 0 Å². The summed E-state index contributed by atoms with van der Waals surface area (Å²) in [6.07, 6.45) is 0. The first kappa shape index (κ1) is 20.5. The fraction of sp³-hybridized carbons (Fsp3) is 0.300. The summed E-state index contributed by atoms with van der Waals surface area (Å²) in [6, 6.07) is 15.2. The molecule has 0 aromatic heterocycles. The molecule has 2 aromatic carbocycles. The SMILES string of the molecule is CCN(CC)C(=O)c1cccc(NC(=O)CSCc2ccc(Br)cc2)c1. The van der Waals surface area contributed by atoms with Crippen LogP contribution in [0.4, 0.5) is 5.69 Å². The fourth-order valence-corrected chi connectivity index (χ4v) is 3.51. The standard InChI is InChI=1S/C20H23BrN2O2S/c1-3-23(4-2)20(25)16-6-5-7-18(12-16)22-19(24)14-26-13-15-8-10-17(21)11-9-15/h5-12H,3-4,13-14H2,1-2H3,(H,22,24). The van der Waals surface area contributed by atoms with Crippen molar-refractivity contribution in [1.82, 2.24) is 4.90 Å². The minimum atomic E-state index is -0.0699. The summed E-state index contributed by atoms with van der Waals surface area (Å²) >= 11 is 4.97. The number of carbonyl (C=O) groups is 2. The zero-order chi connectivity index (χ0) is 18.9. The second-order valence-corrected chi connectivity index (χ2v) is 7.63. The summed E-state index contributed by atoms with van der Waals surface area (Å²) in [4.78, 5) is 26.3. The third kappa shape index (κ3) is 6.18. The van der Waals surface area contributed by atoms with Gasteiger partial charge in [-0.05, 0) is 49.7 Å². The van der Waals surface area contributed by atoms with Gasteiger partial charge in [0.2, 0.25) is 5.91 Å². The van der Waals surface area contributed by atoms with Crippen LogP contribution in [0.15, 0.2) is 53.0 Å². The number of anilines is 1. The summed E-state index contributed by atoms with van der Waals surface area (Å²) in [5, 5.41) is 2.87. The molecule has 6 heteroatoms. The largest absolute Gasteiger partial charge is 0.339 e. The quantitative estimate of drug-likeness (QED) is 0.648. The third-order valence-corrected chi connectivity index (χ3v) is 5.39. The second-order valence-electron chi connectivity index (χ2n) is 5.73. The van der Waals surface area contributed by atoms with Crippen molar-refractivity contribution in [3.05, 3.63) is 64.1 Å². The molecule has 0 saturated heterocycles. The van der Waals surface area contributed by atoms with Crippen LogP contribution in [-0.2, 0) is 10.5 Å². The highest BCUT2D eigenvalue weighted by Crippen LogP contribution is 2.17. The van der Waals surface area contributed by atoms with Gasteiger partial charge in [-0.25, -0.2) is 0 Å². The Morgan fingerprint density at radius 1 is 1.08 bits per heavy atom. The lowest BCUT2D eigenvalue weighted by Crippen LogP contribution is -2.30. The van der Waals surface area contributed by atoms with Crippen LogP contribution in [0.5, 0.6) is 0 Å². The van der Waals surface area contributed by atoms with Crippen molar-refractivity contribution in [3.8, 4) is 0 Å². The highest BCUT2D eigenvalue weighted by Gasteiger charge is 2.13. The molecule has 1 N–H and O–H groups in total. The molecule has 0 atom stereocenters. The maximum atomic E-state index is 12.4. The predicted molar refractivity (Wildman–Crippen MR) is 113 cm³/mol. The summed E-state index contributed by atoms with van der Waals surface area (Å²) in [5.74, 6) is 1.06. The predicted octanol–water partition coefficient (Wildman–Crippen LogP) is 4.80. The Morgan fingerprint density at radius 3 is 2.42 bits per heavy atom. The van der Waals surface area contributed by atoms with Gasteiger partial charge in [-0.15, -0.1) is 11.8 Å². The van der Waals surface area contributed by atoms with Gasteiger partial charge in [0, 0.05) is 34.6 Å². The van der Waals surface area contributed by atoms with E-state index >= 15 is 0 Å². The van der Waals surface area contributed by atoms with E-state index in [2.05, 4.69) is 21.2 Å². The molecule has 0 fully saturated rings. The molecule has 2 aromatic rings. The Kier molecular flexibility index (Phi) is 8.19. The van der Waals surface area contributed by atoms with Crippen LogP contribution in [-0.4, -0.2) is 35.6 Å². The Labute approximate surface area is 167 Å². The van der Waals surface area contributed by atoms with Crippen molar-refractivity contribution >= 4 is 45.2 Å². The molecule has 0 heterocycles. The Balaban J connectivity index is 1.87. The van der Waals surface area contributed by atoms with Gasteiger partial charge >= 0.3 is 0 Å². The van der Waals surface area contributed by atoms with Crippen LogP contribution < -0.4 is 5.32 Å². The Morgan fingerprint density at radius 2 is 1.77 bits per heavy atom. The maximum Gasteiger partial charge on any atom is 0.253 e. The molecule has 26 heavy (non-hydrogen) atoms. The zero-order valence-electron chi connectivity index (χ0n) is 15.0. The number of thioether (sulfide) groups is 1. The van der Waals surface area contributed by atoms with Crippen molar-refractivity contribution in [2.75, 3.05) is 24.2 Å². The highest BCUT2D eigenvalue weighted by atomic mass is 79.9. The first-order chi connectivity index (χ1) is 12.5. The molecule has 2 rings (SSSR count). The van der Waals surface area contributed by atoms with Crippen molar-refractivity contribution in [2.45, 2.75) is 19.6 Å². The van der Waals surface area contributed by atoms with E-state index in [1.165, 1.54) is 5.56 Å². The summed E-state index contributed by atoms with van der Waals surface area (Å²) in [6.45, 7) is 5.24. The third-order valence-electron chi connectivity index (χ3n) is 3.86.